The lowest BCUT2D eigenvalue weighted by atomic mass is 10.0. The molecule has 0 bridgehead atoms. The van der Waals surface area contributed by atoms with Gasteiger partial charge in [0.1, 0.15) is 18.0 Å². The average molecular weight is 298 g/mol. The summed E-state index contributed by atoms with van der Waals surface area (Å²) in [6, 6.07) is 0. The van der Waals surface area contributed by atoms with Crippen molar-refractivity contribution in [1.29, 1.82) is 0 Å². The molecule has 1 fully saturated rings. The summed E-state index contributed by atoms with van der Waals surface area (Å²) in [4.78, 5) is 8.72. The third-order valence-corrected chi connectivity index (χ3v) is 5.93. The first-order chi connectivity index (χ1) is 9.22. The van der Waals surface area contributed by atoms with Gasteiger partial charge in [-0.3, -0.25) is 0 Å². The topological polar surface area (TPSA) is 49.8 Å². The van der Waals surface area contributed by atoms with E-state index in [1.807, 2.05) is 7.05 Å². The van der Waals surface area contributed by atoms with Crippen LogP contribution in [0.4, 0.5) is 11.6 Å². The highest BCUT2D eigenvalue weighted by atomic mass is 32.2. The third-order valence-electron chi connectivity index (χ3n) is 3.08. The summed E-state index contributed by atoms with van der Waals surface area (Å²) in [6.45, 7) is 5.34. The summed E-state index contributed by atoms with van der Waals surface area (Å²) < 4.78 is 0. The fraction of sp³-hybridized carbons (Fsp3) is 0.692. The zero-order valence-electron chi connectivity index (χ0n) is 11.8. The first-order valence-electron chi connectivity index (χ1n) is 6.68. The summed E-state index contributed by atoms with van der Waals surface area (Å²) >= 11 is 4.11. The van der Waals surface area contributed by atoms with Crippen molar-refractivity contribution in [3.05, 3.63) is 11.9 Å². The van der Waals surface area contributed by atoms with Crippen LogP contribution in [0.25, 0.3) is 0 Å². The normalized spacial score (nSPS) is 19.5. The highest BCUT2D eigenvalue weighted by molar-refractivity contribution is 8.06. The molecular weight excluding hydrogens is 276 g/mol. The van der Waals surface area contributed by atoms with Gasteiger partial charge in [0.2, 0.25) is 0 Å². The Kier molecular flexibility index (Phi) is 5.63. The number of nitrogens with one attached hydrogen (secondary N) is 2. The van der Waals surface area contributed by atoms with Crippen molar-refractivity contribution in [2.75, 3.05) is 41.5 Å². The molecule has 0 aromatic carbocycles. The average Bonchev–Trinajstić information content (AvgIpc) is 2.45. The van der Waals surface area contributed by atoms with Gasteiger partial charge in [-0.25, -0.2) is 9.97 Å². The van der Waals surface area contributed by atoms with Crippen molar-refractivity contribution in [2.24, 2.45) is 0 Å². The Balaban J connectivity index is 2.06. The smallest absolute Gasteiger partial charge is 0.135 e. The second kappa shape index (κ2) is 7.24. The fourth-order valence-corrected chi connectivity index (χ4v) is 4.76. The second-order valence-corrected chi connectivity index (χ2v) is 7.40. The Labute approximate surface area is 123 Å². The molecule has 0 saturated carbocycles. The molecule has 0 amide bonds. The Morgan fingerprint density at radius 1 is 1.32 bits per heavy atom. The molecule has 1 aliphatic heterocycles. The van der Waals surface area contributed by atoms with E-state index < -0.39 is 0 Å². The van der Waals surface area contributed by atoms with Gasteiger partial charge in [0.05, 0.1) is 0 Å². The van der Waals surface area contributed by atoms with E-state index in [1.54, 1.807) is 6.33 Å². The van der Waals surface area contributed by atoms with Crippen molar-refractivity contribution < 1.29 is 0 Å². The number of anilines is 2. The van der Waals surface area contributed by atoms with Crippen LogP contribution in [0.5, 0.6) is 0 Å². The fourth-order valence-electron chi connectivity index (χ4n) is 2.15. The van der Waals surface area contributed by atoms with Gasteiger partial charge in [0, 0.05) is 41.7 Å². The van der Waals surface area contributed by atoms with E-state index in [4.69, 9.17) is 0 Å². The second-order valence-electron chi connectivity index (χ2n) is 4.84. The van der Waals surface area contributed by atoms with Crippen LogP contribution >= 0.6 is 23.5 Å². The monoisotopic (exact) mass is 298 g/mol. The summed E-state index contributed by atoms with van der Waals surface area (Å²) in [7, 11) is 1.91. The summed E-state index contributed by atoms with van der Waals surface area (Å²) in [5, 5.41) is 7.36. The van der Waals surface area contributed by atoms with E-state index in [2.05, 4.69) is 58.0 Å². The number of thioether (sulfide) groups is 2. The third kappa shape index (κ3) is 3.92. The molecule has 1 aromatic heterocycles. The van der Waals surface area contributed by atoms with Gasteiger partial charge < -0.3 is 10.6 Å². The lowest BCUT2D eigenvalue weighted by Gasteiger charge is -2.23. The molecule has 6 heteroatoms. The zero-order valence-corrected chi connectivity index (χ0v) is 13.4. The van der Waals surface area contributed by atoms with Gasteiger partial charge in [0.25, 0.3) is 0 Å². The Hall–Kier alpha value is -0.620. The van der Waals surface area contributed by atoms with Crippen molar-refractivity contribution >= 4 is 35.2 Å². The SMILES string of the molecule is CNc1ncnc(NCC2CSCCS2)c1C(C)C. The van der Waals surface area contributed by atoms with Gasteiger partial charge in [-0.15, -0.1) is 0 Å². The van der Waals surface area contributed by atoms with Crippen LogP contribution in [0, 0.1) is 0 Å². The van der Waals surface area contributed by atoms with Gasteiger partial charge in [-0.2, -0.15) is 23.5 Å². The maximum atomic E-state index is 4.41. The Morgan fingerprint density at radius 3 is 2.74 bits per heavy atom. The maximum Gasteiger partial charge on any atom is 0.135 e. The van der Waals surface area contributed by atoms with Crippen LogP contribution in [0.15, 0.2) is 6.33 Å². The molecule has 2 heterocycles. The van der Waals surface area contributed by atoms with Crippen LogP contribution in [0.1, 0.15) is 25.3 Å². The van der Waals surface area contributed by atoms with Crippen LogP contribution in [-0.4, -0.2) is 46.1 Å². The van der Waals surface area contributed by atoms with E-state index >= 15 is 0 Å². The van der Waals surface area contributed by atoms with Crippen LogP contribution in [0.3, 0.4) is 0 Å². The molecule has 1 aliphatic rings. The molecule has 4 nitrogen and oxygen atoms in total. The van der Waals surface area contributed by atoms with Crippen molar-refractivity contribution in [3.63, 3.8) is 0 Å². The highest BCUT2D eigenvalue weighted by Crippen LogP contribution is 2.29. The van der Waals surface area contributed by atoms with Crippen LogP contribution < -0.4 is 10.6 Å². The molecule has 1 atom stereocenters. The van der Waals surface area contributed by atoms with E-state index in [-0.39, 0.29) is 0 Å². The number of aromatic nitrogens is 2. The minimum atomic E-state index is 0.402. The summed E-state index contributed by atoms with van der Waals surface area (Å²) in [5.41, 5.74) is 1.18. The van der Waals surface area contributed by atoms with Crippen molar-refractivity contribution in [3.8, 4) is 0 Å². The quantitative estimate of drug-likeness (QED) is 0.872. The van der Waals surface area contributed by atoms with E-state index in [1.165, 1.54) is 22.8 Å². The van der Waals surface area contributed by atoms with Crippen LogP contribution in [0.2, 0.25) is 0 Å². The Bertz CT molecular complexity index is 406. The zero-order chi connectivity index (χ0) is 13.7. The summed E-state index contributed by atoms with van der Waals surface area (Å²) in [6.07, 6.45) is 1.63. The predicted molar refractivity (Wildman–Crippen MR) is 87.7 cm³/mol. The minimum Gasteiger partial charge on any atom is -0.373 e. The van der Waals surface area contributed by atoms with Gasteiger partial charge in [-0.1, -0.05) is 13.8 Å². The molecule has 0 spiro atoms. The molecule has 0 radical (unpaired) electrons. The minimum absolute atomic E-state index is 0.402. The molecule has 1 aromatic rings. The lowest BCUT2D eigenvalue weighted by Crippen LogP contribution is -2.24. The van der Waals surface area contributed by atoms with Crippen molar-refractivity contribution in [2.45, 2.75) is 25.0 Å². The van der Waals surface area contributed by atoms with E-state index in [0.717, 1.165) is 18.2 Å². The lowest BCUT2D eigenvalue weighted by molar-refractivity contribution is 0.844. The van der Waals surface area contributed by atoms with Crippen LogP contribution in [-0.2, 0) is 0 Å². The largest absolute Gasteiger partial charge is 0.373 e. The number of rotatable bonds is 5. The first kappa shape index (κ1) is 14.8. The molecule has 106 valence electrons. The molecule has 2 rings (SSSR count). The molecule has 1 unspecified atom stereocenters. The highest BCUT2D eigenvalue weighted by Gasteiger charge is 2.17. The molecular formula is C13H22N4S2. The summed E-state index contributed by atoms with van der Waals surface area (Å²) in [5.74, 6) is 6.09. The molecule has 19 heavy (non-hydrogen) atoms. The standard InChI is InChI=1S/C13H22N4S2/c1-9(2)11-12(14-3)16-8-17-13(11)15-6-10-7-18-4-5-19-10/h8-10H,4-7H2,1-3H3,(H2,14,15,16,17). The maximum absolute atomic E-state index is 4.41. The van der Waals surface area contributed by atoms with E-state index in [9.17, 15) is 0 Å². The number of nitrogens with zero attached hydrogens (tertiary/aromatic N) is 2. The Morgan fingerprint density at radius 2 is 2.11 bits per heavy atom. The number of hydrogen-bond acceptors (Lipinski definition) is 6. The first-order valence-corrected chi connectivity index (χ1v) is 8.88. The van der Waals surface area contributed by atoms with Gasteiger partial charge >= 0.3 is 0 Å². The molecule has 1 saturated heterocycles. The van der Waals surface area contributed by atoms with Gasteiger partial charge in [0.15, 0.2) is 0 Å². The van der Waals surface area contributed by atoms with Gasteiger partial charge in [-0.05, 0) is 5.92 Å². The molecule has 0 aliphatic carbocycles. The van der Waals surface area contributed by atoms with Crippen molar-refractivity contribution in [1.82, 2.24) is 9.97 Å². The molecule has 2 N–H and O–H groups in total. The predicted octanol–water partition coefficient (Wildman–Crippen LogP) is 2.90. The number of hydrogen-bond donors (Lipinski definition) is 2. The van der Waals surface area contributed by atoms with E-state index in [0.29, 0.717) is 11.2 Å².